The second-order valence-electron chi connectivity index (χ2n) is 6.20. The molecular weight excluding hydrogens is 313 g/mol. The molecule has 1 aliphatic heterocycles. The van der Waals surface area contributed by atoms with Crippen molar-refractivity contribution in [2.24, 2.45) is 5.92 Å². The van der Waals surface area contributed by atoms with Crippen LogP contribution in [0.3, 0.4) is 0 Å². The second kappa shape index (κ2) is 6.52. The number of hydrogen-bond acceptors (Lipinski definition) is 4. The van der Waals surface area contributed by atoms with E-state index in [1.807, 2.05) is 0 Å². The third-order valence-corrected chi connectivity index (χ3v) is 4.21. The van der Waals surface area contributed by atoms with Crippen LogP contribution >= 0.6 is 0 Å². The summed E-state index contributed by atoms with van der Waals surface area (Å²) in [7, 11) is 3.26. The summed E-state index contributed by atoms with van der Waals surface area (Å²) in [6, 6.07) is 0. The van der Waals surface area contributed by atoms with Gasteiger partial charge in [0.1, 0.15) is 12.0 Å². The summed E-state index contributed by atoms with van der Waals surface area (Å²) in [4.78, 5) is 14.9. The van der Waals surface area contributed by atoms with E-state index in [9.17, 15) is 23.1 Å². The van der Waals surface area contributed by atoms with Crippen LogP contribution in [0.15, 0.2) is 10.7 Å². The number of nitrogens with zero attached hydrogens (tertiary/aromatic N) is 2. The van der Waals surface area contributed by atoms with E-state index in [0.29, 0.717) is 6.54 Å². The van der Waals surface area contributed by atoms with Crippen LogP contribution in [0.25, 0.3) is 0 Å². The number of carbonyl (C=O) groups is 1. The first-order valence-electron chi connectivity index (χ1n) is 7.34. The Labute approximate surface area is 132 Å². The Balaban J connectivity index is 2.06. The molecule has 1 aromatic heterocycles. The Morgan fingerprint density at radius 3 is 2.65 bits per heavy atom. The summed E-state index contributed by atoms with van der Waals surface area (Å²) in [6.07, 6.45) is -4.28. The van der Waals surface area contributed by atoms with Crippen molar-refractivity contribution < 1.29 is 27.5 Å². The zero-order valence-electron chi connectivity index (χ0n) is 13.4. The Kier molecular flexibility index (Phi) is 5.05. The van der Waals surface area contributed by atoms with Gasteiger partial charge in [-0.25, -0.2) is 0 Å². The van der Waals surface area contributed by atoms with Crippen LogP contribution in [0.4, 0.5) is 13.2 Å². The number of hydrogen-bond donors (Lipinski definition) is 1. The van der Waals surface area contributed by atoms with Crippen LogP contribution in [0.2, 0.25) is 0 Å². The Morgan fingerprint density at radius 2 is 2.09 bits per heavy atom. The summed E-state index contributed by atoms with van der Waals surface area (Å²) >= 11 is 0. The topological polar surface area (TPSA) is 56.9 Å². The van der Waals surface area contributed by atoms with Gasteiger partial charge in [-0.1, -0.05) is 0 Å². The van der Waals surface area contributed by atoms with Crippen molar-refractivity contribution in [1.82, 2.24) is 9.80 Å². The van der Waals surface area contributed by atoms with E-state index in [1.165, 1.54) is 11.8 Å². The van der Waals surface area contributed by atoms with E-state index in [4.69, 9.17) is 4.42 Å². The second-order valence-corrected chi connectivity index (χ2v) is 6.20. The smallest absolute Gasteiger partial charge is 0.419 e. The standard InChI is InChI=1S/C15H21F3N2O3/c1-9-11(12(8-23-9)15(16,17)18)6-20-5-10(13(21)7-20)4-14(22)19(2)3/h8,10,13,21H,4-7H2,1-3H3/t10-,13-/m1/s1. The molecule has 2 rings (SSSR count). The summed E-state index contributed by atoms with van der Waals surface area (Å²) in [6.45, 7) is 2.15. The highest BCUT2D eigenvalue weighted by Gasteiger charge is 2.39. The highest BCUT2D eigenvalue weighted by molar-refractivity contribution is 5.75. The fourth-order valence-electron chi connectivity index (χ4n) is 2.82. The molecule has 1 aliphatic rings. The minimum absolute atomic E-state index is 0.0426. The first-order chi connectivity index (χ1) is 10.6. The van der Waals surface area contributed by atoms with E-state index in [2.05, 4.69) is 0 Å². The van der Waals surface area contributed by atoms with Gasteiger partial charge >= 0.3 is 6.18 Å². The zero-order chi connectivity index (χ0) is 17.4. The van der Waals surface area contributed by atoms with Gasteiger partial charge in [-0.2, -0.15) is 13.2 Å². The molecule has 1 fully saturated rings. The maximum atomic E-state index is 13.0. The highest BCUT2D eigenvalue weighted by Crippen LogP contribution is 2.36. The molecule has 1 amide bonds. The van der Waals surface area contributed by atoms with Crippen LogP contribution in [0.5, 0.6) is 0 Å². The minimum Gasteiger partial charge on any atom is -0.469 e. The van der Waals surface area contributed by atoms with Crippen molar-refractivity contribution in [2.45, 2.75) is 32.2 Å². The number of aliphatic hydroxyl groups is 1. The molecule has 0 unspecified atom stereocenters. The molecule has 2 atom stereocenters. The largest absolute Gasteiger partial charge is 0.469 e. The number of aryl methyl sites for hydroxylation is 1. The van der Waals surface area contributed by atoms with Gasteiger partial charge in [0.05, 0.1) is 11.7 Å². The fraction of sp³-hybridized carbons (Fsp3) is 0.667. The summed E-state index contributed by atoms with van der Waals surface area (Å²) in [5.74, 6) is -0.155. The average molecular weight is 334 g/mol. The summed E-state index contributed by atoms with van der Waals surface area (Å²) in [5.41, 5.74) is -0.693. The van der Waals surface area contributed by atoms with Crippen LogP contribution in [0.1, 0.15) is 23.3 Å². The third kappa shape index (κ3) is 4.06. The molecule has 0 spiro atoms. The SMILES string of the molecule is Cc1occ(C(F)(F)F)c1CN1C[C@@H](CC(=O)N(C)C)[C@H](O)C1. The number of aliphatic hydroxyl groups excluding tert-OH is 1. The predicted molar refractivity (Wildman–Crippen MR) is 76.5 cm³/mol. The van der Waals surface area contributed by atoms with Crippen molar-refractivity contribution >= 4 is 5.91 Å². The van der Waals surface area contributed by atoms with E-state index in [0.717, 1.165) is 6.26 Å². The molecule has 0 bridgehead atoms. The van der Waals surface area contributed by atoms with Gasteiger partial charge in [-0.15, -0.1) is 0 Å². The number of halogens is 3. The van der Waals surface area contributed by atoms with E-state index in [1.54, 1.807) is 19.0 Å². The highest BCUT2D eigenvalue weighted by atomic mass is 19.4. The Hall–Kier alpha value is -1.54. The average Bonchev–Trinajstić information content (AvgIpc) is 2.94. The molecule has 0 radical (unpaired) electrons. The van der Waals surface area contributed by atoms with Crippen LogP contribution in [0, 0.1) is 12.8 Å². The van der Waals surface area contributed by atoms with Crippen molar-refractivity contribution in [3.8, 4) is 0 Å². The monoisotopic (exact) mass is 334 g/mol. The molecule has 2 heterocycles. The number of carbonyl (C=O) groups excluding carboxylic acids is 1. The molecular formula is C15H21F3N2O3. The van der Waals surface area contributed by atoms with Gasteiger partial charge in [-0.3, -0.25) is 9.69 Å². The zero-order valence-corrected chi connectivity index (χ0v) is 13.4. The number of amides is 1. The maximum Gasteiger partial charge on any atom is 0.419 e. The van der Waals surface area contributed by atoms with Crippen molar-refractivity contribution in [2.75, 3.05) is 27.2 Å². The molecule has 5 nitrogen and oxygen atoms in total. The van der Waals surface area contributed by atoms with Crippen LogP contribution in [-0.2, 0) is 17.5 Å². The number of β-amino-alcohol motifs (C(OH)–C–C–N with tert-alkyl or cyclic N) is 1. The molecule has 8 heteroatoms. The molecule has 1 N–H and O–H groups in total. The Bertz CT molecular complexity index is 569. The van der Waals surface area contributed by atoms with Gasteiger partial charge in [0.15, 0.2) is 0 Å². The quantitative estimate of drug-likeness (QED) is 0.913. The van der Waals surface area contributed by atoms with Crippen molar-refractivity contribution in [3.63, 3.8) is 0 Å². The normalized spacial score (nSPS) is 22.6. The molecule has 0 aromatic carbocycles. The van der Waals surface area contributed by atoms with E-state index >= 15 is 0 Å². The van der Waals surface area contributed by atoms with Gasteiger partial charge in [0.25, 0.3) is 0 Å². The van der Waals surface area contributed by atoms with Gasteiger partial charge in [0.2, 0.25) is 5.91 Å². The van der Waals surface area contributed by atoms with Crippen molar-refractivity contribution in [1.29, 1.82) is 0 Å². The lowest BCUT2D eigenvalue weighted by molar-refractivity contribution is -0.138. The van der Waals surface area contributed by atoms with Gasteiger partial charge in [-0.05, 0) is 6.92 Å². The third-order valence-electron chi connectivity index (χ3n) is 4.21. The molecule has 1 saturated heterocycles. The van der Waals surface area contributed by atoms with Crippen molar-refractivity contribution in [3.05, 3.63) is 23.2 Å². The summed E-state index contributed by atoms with van der Waals surface area (Å²) in [5, 5.41) is 10.1. The summed E-state index contributed by atoms with van der Waals surface area (Å²) < 4.78 is 43.8. The van der Waals surface area contributed by atoms with Crippen LogP contribution < -0.4 is 0 Å². The number of rotatable bonds is 4. The molecule has 23 heavy (non-hydrogen) atoms. The number of likely N-dealkylation sites (tertiary alicyclic amines) is 1. The first kappa shape index (κ1) is 17.8. The minimum atomic E-state index is -4.47. The molecule has 0 aliphatic carbocycles. The predicted octanol–water partition coefficient (Wildman–Crippen LogP) is 1.88. The number of furan rings is 1. The molecule has 130 valence electrons. The fourth-order valence-corrected chi connectivity index (χ4v) is 2.82. The van der Waals surface area contributed by atoms with E-state index in [-0.39, 0.29) is 42.7 Å². The lowest BCUT2D eigenvalue weighted by Crippen LogP contribution is -2.28. The first-order valence-corrected chi connectivity index (χ1v) is 7.34. The maximum absolute atomic E-state index is 13.0. The van der Waals surface area contributed by atoms with E-state index < -0.39 is 17.8 Å². The lowest BCUT2D eigenvalue weighted by Gasteiger charge is -2.18. The van der Waals surface area contributed by atoms with Crippen LogP contribution in [-0.4, -0.2) is 54.1 Å². The number of alkyl halides is 3. The Morgan fingerprint density at radius 1 is 1.43 bits per heavy atom. The molecule has 1 aromatic rings. The van der Waals surface area contributed by atoms with Gasteiger partial charge in [0, 0.05) is 51.6 Å². The van der Waals surface area contributed by atoms with Gasteiger partial charge < -0.3 is 14.4 Å². The lowest BCUT2D eigenvalue weighted by atomic mass is 10.0. The molecule has 0 saturated carbocycles.